The van der Waals surface area contributed by atoms with Crippen molar-refractivity contribution in [2.24, 2.45) is 0 Å². The summed E-state index contributed by atoms with van der Waals surface area (Å²) in [6.45, 7) is 2.63. The number of hydrogen-bond donors (Lipinski definition) is 0. The van der Waals surface area contributed by atoms with Gasteiger partial charge in [-0.25, -0.2) is 4.98 Å². The van der Waals surface area contributed by atoms with Crippen molar-refractivity contribution >= 4 is 5.82 Å². The number of nitrogens with zero attached hydrogens (tertiary/aromatic N) is 3. The first-order valence-electron chi connectivity index (χ1n) is 5.84. The molecule has 94 valence electrons. The lowest BCUT2D eigenvalue weighted by molar-refractivity contribution is -0.225. The van der Waals surface area contributed by atoms with Gasteiger partial charge in [-0.2, -0.15) is 5.06 Å². The molecule has 1 atom stereocenters. The van der Waals surface area contributed by atoms with E-state index in [1.54, 1.807) is 14.2 Å². The molecule has 1 aromatic heterocycles. The lowest BCUT2D eigenvalue weighted by Crippen LogP contribution is -2.36. The number of hydrogen-bond acceptors (Lipinski definition) is 5. The zero-order valence-electron chi connectivity index (χ0n) is 10.4. The Kier molecular flexibility index (Phi) is 4.30. The Morgan fingerprint density at radius 3 is 2.76 bits per heavy atom. The fourth-order valence-electron chi connectivity index (χ4n) is 2.10. The van der Waals surface area contributed by atoms with E-state index in [9.17, 15) is 0 Å². The summed E-state index contributed by atoms with van der Waals surface area (Å²) in [5.74, 6) is 1.01. The van der Waals surface area contributed by atoms with E-state index in [0.29, 0.717) is 0 Å². The molecule has 1 aliphatic rings. The van der Waals surface area contributed by atoms with Crippen LogP contribution in [0.25, 0.3) is 0 Å². The first-order valence-corrected chi connectivity index (χ1v) is 5.84. The summed E-state index contributed by atoms with van der Waals surface area (Å²) in [4.78, 5) is 11.9. The van der Waals surface area contributed by atoms with E-state index in [2.05, 4.69) is 9.88 Å². The third kappa shape index (κ3) is 2.94. The Morgan fingerprint density at radius 1 is 1.24 bits per heavy atom. The minimum Gasteiger partial charge on any atom is -0.364 e. The Labute approximate surface area is 102 Å². The van der Waals surface area contributed by atoms with E-state index in [1.807, 2.05) is 29.5 Å². The smallest absolute Gasteiger partial charge is 0.134 e. The molecule has 0 N–H and O–H groups in total. The Morgan fingerprint density at radius 2 is 2.12 bits per heavy atom. The molecule has 0 aromatic carbocycles. The summed E-state index contributed by atoms with van der Waals surface area (Å²) < 4.78 is 5.41. The van der Waals surface area contributed by atoms with Gasteiger partial charge in [0.15, 0.2) is 0 Å². The second-order valence-electron chi connectivity index (χ2n) is 3.98. The highest BCUT2D eigenvalue weighted by molar-refractivity contribution is 5.37. The number of ether oxygens (including phenoxy) is 1. The number of methoxy groups -OCH3 is 1. The van der Waals surface area contributed by atoms with Crippen molar-refractivity contribution in [2.45, 2.75) is 12.6 Å². The molecule has 1 fully saturated rings. The van der Waals surface area contributed by atoms with Crippen LogP contribution < -0.4 is 4.90 Å². The van der Waals surface area contributed by atoms with Gasteiger partial charge in [-0.1, -0.05) is 6.07 Å². The SMILES string of the molecule is COC1CCN(c2ccccn2)CCN1OC. The molecule has 0 bridgehead atoms. The van der Waals surface area contributed by atoms with Crippen molar-refractivity contribution < 1.29 is 9.57 Å². The van der Waals surface area contributed by atoms with Crippen LogP contribution in [0.4, 0.5) is 5.82 Å². The topological polar surface area (TPSA) is 37.8 Å². The van der Waals surface area contributed by atoms with E-state index < -0.39 is 0 Å². The normalized spacial score (nSPS) is 22.5. The second-order valence-corrected chi connectivity index (χ2v) is 3.98. The predicted octanol–water partition coefficient (Wildman–Crippen LogP) is 1.13. The van der Waals surface area contributed by atoms with Gasteiger partial charge in [-0.15, -0.1) is 0 Å². The molecule has 2 rings (SSSR count). The largest absolute Gasteiger partial charge is 0.364 e. The Balaban J connectivity index is 2.04. The number of rotatable bonds is 3. The zero-order valence-corrected chi connectivity index (χ0v) is 10.4. The average Bonchev–Trinajstić information content (AvgIpc) is 2.61. The van der Waals surface area contributed by atoms with Gasteiger partial charge in [-0.05, 0) is 12.1 Å². The van der Waals surface area contributed by atoms with Gasteiger partial charge in [0.05, 0.1) is 7.11 Å². The van der Waals surface area contributed by atoms with Crippen LogP contribution in [0, 0.1) is 0 Å². The molecule has 1 saturated heterocycles. The fraction of sp³-hybridized carbons (Fsp3) is 0.583. The number of hydroxylamine groups is 2. The van der Waals surface area contributed by atoms with E-state index in [0.717, 1.165) is 31.9 Å². The summed E-state index contributed by atoms with van der Waals surface area (Å²) in [5, 5.41) is 1.88. The first-order chi connectivity index (χ1) is 8.35. The lowest BCUT2D eigenvalue weighted by atomic mass is 10.3. The van der Waals surface area contributed by atoms with Crippen LogP contribution in [0.3, 0.4) is 0 Å². The number of anilines is 1. The Hall–Kier alpha value is -1.17. The van der Waals surface area contributed by atoms with Crippen molar-refractivity contribution in [3.8, 4) is 0 Å². The number of pyridine rings is 1. The summed E-state index contributed by atoms with van der Waals surface area (Å²) in [6, 6.07) is 5.97. The molecule has 0 aliphatic carbocycles. The molecule has 2 heterocycles. The van der Waals surface area contributed by atoms with Crippen LogP contribution in [-0.4, -0.2) is 50.1 Å². The van der Waals surface area contributed by atoms with Crippen molar-refractivity contribution in [3.05, 3.63) is 24.4 Å². The van der Waals surface area contributed by atoms with Crippen LogP contribution in [0.1, 0.15) is 6.42 Å². The number of aromatic nitrogens is 1. The van der Waals surface area contributed by atoms with Crippen molar-refractivity contribution in [1.82, 2.24) is 10.0 Å². The van der Waals surface area contributed by atoms with Gasteiger partial charge in [0.1, 0.15) is 12.0 Å². The maximum absolute atomic E-state index is 5.41. The van der Waals surface area contributed by atoms with Gasteiger partial charge in [0.2, 0.25) is 0 Å². The van der Waals surface area contributed by atoms with Crippen molar-refractivity contribution in [1.29, 1.82) is 0 Å². The predicted molar refractivity (Wildman–Crippen MR) is 65.6 cm³/mol. The molecule has 1 unspecified atom stereocenters. The highest BCUT2D eigenvalue weighted by Crippen LogP contribution is 2.16. The van der Waals surface area contributed by atoms with E-state index in [-0.39, 0.29) is 6.23 Å². The molecular weight excluding hydrogens is 218 g/mol. The Bertz CT molecular complexity index is 320. The fourth-order valence-corrected chi connectivity index (χ4v) is 2.10. The van der Waals surface area contributed by atoms with Crippen LogP contribution in [-0.2, 0) is 9.57 Å². The third-order valence-corrected chi connectivity index (χ3v) is 3.04. The minimum absolute atomic E-state index is 0.0220. The molecule has 0 radical (unpaired) electrons. The molecule has 1 aromatic rings. The van der Waals surface area contributed by atoms with E-state index in [1.165, 1.54) is 0 Å². The summed E-state index contributed by atoms with van der Waals surface area (Å²) >= 11 is 0. The standard InChI is InChI=1S/C12H19N3O2/c1-16-12-6-8-14(9-10-15(12)17-2)11-5-3-4-7-13-11/h3-5,7,12H,6,8-10H2,1-2H3. The van der Waals surface area contributed by atoms with Crippen LogP contribution >= 0.6 is 0 Å². The van der Waals surface area contributed by atoms with Crippen molar-refractivity contribution in [2.75, 3.05) is 38.8 Å². The monoisotopic (exact) mass is 237 g/mol. The average molecular weight is 237 g/mol. The van der Waals surface area contributed by atoms with Gasteiger partial charge in [-0.3, -0.25) is 4.84 Å². The molecule has 0 spiro atoms. The summed E-state index contributed by atoms with van der Waals surface area (Å²) in [7, 11) is 3.40. The molecule has 0 saturated carbocycles. The van der Waals surface area contributed by atoms with Gasteiger partial charge >= 0.3 is 0 Å². The highest BCUT2D eigenvalue weighted by Gasteiger charge is 2.24. The molecular formula is C12H19N3O2. The maximum atomic E-state index is 5.41. The quantitative estimate of drug-likeness (QED) is 0.788. The van der Waals surface area contributed by atoms with Gasteiger partial charge in [0, 0.05) is 39.4 Å². The molecule has 5 nitrogen and oxygen atoms in total. The highest BCUT2D eigenvalue weighted by atomic mass is 16.7. The first kappa shape index (κ1) is 12.3. The zero-order chi connectivity index (χ0) is 12.1. The van der Waals surface area contributed by atoms with Crippen LogP contribution in [0.2, 0.25) is 0 Å². The molecule has 0 amide bonds. The molecule has 1 aliphatic heterocycles. The maximum Gasteiger partial charge on any atom is 0.134 e. The van der Waals surface area contributed by atoms with E-state index >= 15 is 0 Å². The van der Waals surface area contributed by atoms with Crippen LogP contribution in [0.15, 0.2) is 24.4 Å². The lowest BCUT2D eigenvalue weighted by Gasteiger charge is -2.24. The summed E-state index contributed by atoms with van der Waals surface area (Å²) in [5.41, 5.74) is 0. The van der Waals surface area contributed by atoms with Gasteiger partial charge < -0.3 is 9.64 Å². The van der Waals surface area contributed by atoms with Crippen molar-refractivity contribution in [3.63, 3.8) is 0 Å². The van der Waals surface area contributed by atoms with Crippen LogP contribution in [0.5, 0.6) is 0 Å². The molecule has 17 heavy (non-hydrogen) atoms. The minimum atomic E-state index is 0.0220. The third-order valence-electron chi connectivity index (χ3n) is 3.04. The molecule has 5 heteroatoms. The second kappa shape index (κ2) is 5.95. The van der Waals surface area contributed by atoms with E-state index in [4.69, 9.17) is 9.57 Å². The summed E-state index contributed by atoms with van der Waals surface area (Å²) in [6.07, 6.45) is 2.75. The van der Waals surface area contributed by atoms with Gasteiger partial charge in [0.25, 0.3) is 0 Å².